The first-order valence-electron chi connectivity index (χ1n) is 10.2. The van der Waals surface area contributed by atoms with Gasteiger partial charge in [-0.1, -0.05) is 32.6 Å². The monoisotopic (exact) mass is 449 g/mol. The van der Waals surface area contributed by atoms with Crippen molar-refractivity contribution in [2.75, 3.05) is 32.9 Å². The van der Waals surface area contributed by atoms with Crippen molar-refractivity contribution in [1.29, 1.82) is 0 Å². The summed E-state index contributed by atoms with van der Waals surface area (Å²) in [7, 11) is 0. The fourth-order valence-corrected chi connectivity index (χ4v) is 4.32. The van der Waals surface area contributed by atoms with Gasteiger partial charge in [-0.25, -0.2) is 9.78 Å². The average molecular weight is 450 g/mol. The summed E-state index contributed by atoms with van der Waals surface area (Å²) in [4.78, 5) is 35.3. The Labute approximate surface area is 186 Å². The molecule has 2 heterocycles. The molecular weight excluding hydrogens is 418 g/mol. The molecule has 0 amide bonds. The van der Waals surface area contributed by atoms with Crippen LogP contribution in [0.5, 0.6) is 0 Å². The fraction of sp³-hybridized carbons (Fsp3) is 0.500. The Morgan fingerprint density at radius 1 is 1.29 bits per heavy atom. The normalized spacial score (nSPS) is 12.5. The molecule has 2 N–H and O–H groups in total. The van der Waals surface area contributed by atoms with E-state index in [2.05, 4.69) is 37.0 Å². The number of aliphatic hydroxyl groups is 1. The van der Waals surface area contributed by atoms with E-state index in [0.717, 1.165) is 11.3 Å². The van der Waals surface area contributed by atoms with E-state index < -0.39 is 12.1 Å². The highest BCUT2D eigenvalue weighted by Gasteiger charge is 2.21. The zero-order valence-electron chi connectivity index (χ0n) is 18.3. The minimum absolute atomic E-state index is 0.102. The van der Waals surface area contributed by atoms with Gasteiger partial charge in [0.2, 0.25) is 0 Å². The van der Waals surface area contributed by atoms with Gasteiger partial charge in [0.15, 0.2) is 0 Å². The minimum Gasteiger partial charge on any atom is -0.457 e. The number of thiophene rings is 1. The zero-order chi connectivity index (χ0) is 23.0. The van der Waals surface area contributed by atoms with Crippen LogP contribution in [0.3, 0.4) is 0 Å². The molecule has 0 bridgehead atoms. The van der Waals surface area contributed by atoms with Crippen molar-refractivity contribution in [3.8, 4) is 0 Å². The first-order valence-corrected chi connectivity index (χ1v) is 11.0. The Kier molecular flexibility index (Phi) is 9.57. The number of aromatic amines is 1. The average Bonchev–Trinajstić information content (AvgIpc) is 3.02. The quantitative estimate of drug-likeness (QED) is 0.275. The number of nitrogens with one attached hydrogen (secondary N) is 1. The van der Waals surface area contributed by atoms with Crippen LogP contribution in [0.1, 0.15) is 34.9 Å². The Bertz CT molecular complexity index is 966. The molecule has 170 valence electrons. The number of carbonyl (C=O) groups excluding carboxylic acids is 1. The molecular formula is C22H31N3O5S. The van der Waals surface area contributed by atoms with Gasteiger partial charge >= 0.3 is 5.97 Å². The number of aromatic nitrogens is 2. The zero-order valence-corrected chi connectivity index (χ0v) is 19.2. The van der Waals surface area contributed by atoms with Crippen LogP contribution < -0.4 is 5.56 Å². The van der Waals surface area contributed by atoms with Crippen LogP contribution in [0.2, 0.25) is 0 Å². The fourth-order valence-electron chi connectivity index (χ4n) is 3.23. The number of aryl methyl sites for hydroxylation is 1. The van der Waals surface area contributed by atoms with E-state index in [4.69, 9.17) is 9.47 Å². The van der Waals surface area contributed by atoms with Gasteiger partial charge in [0, 0.05) is 13.1 Å². The van der Waals surface area contributed by atoms with Crippen molar-refractivity contribution in [1.82, 2.24) is 14.9 Å². The summed E-state index contributed by atoms with van der Waals surface area (Å²) in [6.07, 6.45) is 2.45. The molecule has 0 aromatic carbocycles. The molecule has 0 unspecified atom stereocenters. The summed E-state index contributed by atoms with van der Waals surface area (Å²) >= 11 is 1.14. The Balaban J connectivity index is 2.24. The molecule has 9 heteroatoms. The van der Waals surface area contributed by atoms with E-state index in [1.807, 2.05) is 4.90 Å². The van der Waals surface area contributed by atoms with E-state index in [-0.39, 0.29) is 18.8 Å². The Hall–Kier alpha value is -2.33. The van der Waals surface area contributed by atoms with Crippen molar-refractivity contribution >= 4 is 27.5 Å². The van der Waals surface area contributed by atoms with Crippen LogP contribution >= 0.6 is 11.3 Å². The number of H-pyrrole nitrogens is 1. The molecule has 0 aliphatic heterocycles. The lowest BCUT2D eigenvalue weighted by atomic mass is 10.2. The molecule has 0 radical (unpaired) electrons. The van der Waals surface area contributed by atoms with Crippen LogP contribution in [0.4, 0.5) is 0 Å². The maximum absolute atomic E-state index is 12.7. The van der Waals surface area contributed by atoms with Crippen molar-refractivity contribution < 1.29 is 19.4 Å². The van der Waals surface area contributed by atoms with Crippen molar-refractivity contribution in [2.45, 2.75) is 33.4 Å². The van der Waals surface area contributed by atoms with Gasteiger partial charge in [0.1, 0.15) is 22.1 Å². The third-order valence-electron chi connectivity index (χ3n) is 4.38. The van der Waals surface area contributed by atoms with Gasteiger partial charge in [-0.05, 0) is 18.4 Å². The van der Waals surface area contributed by atoms with Gasteiger partial charge in [-0.15, -0.1) is 17.9 Å². The lowest BCUT2D eigenvalue weighted by Gasteiger charge is -2.26. The summed E-state index contributed by atoms with van der Waals surface area (Å²) in [5.74, 6) is 0.335. The Morgan fingerprint density at radius 3 is 2.65 bits per heavy atom. The molecule has 31 heavy (non-hydrogen) atoms. The van der Waals surface area contributed by atoms with Gasteiger partial charge in [0.25, 0.3) is 5.56 Å². The number of aliphatic hydroxyl groups excluding tert-OH is 1. The number of ether oxygens (including phenoxy) is 2. The van der Waals surface area contributed by atoms with Crippen molar-refractivity contribution in [3.63, 3.8) is 0 Å². The largest absolute Gasteiger partial charge is 0.457 e. The predicted octanol–water partition coefficient (Wildman–Crippen LogP) is 2.66. The highest BCUT2D eigenvalue weighted by molar-refractivity contribution is 7.20. The van der Waals surface area contributed by atoms with Crippen molar-refractivity contribution in [3.05, 3.63) is 51.9 Å². The van der Waals surface area contributed by atoms with Crippen LogP contribution in [0.25, 0.3) is 10.2 Å². The Morgan fingerprint density at radius 2 is 2.00 bits per heavy atom. The number of hydrogen-bond acceptors (Lipinski definition) is 8. The number of hydrogen-bond donors (Lipinski definition) is 2. The topological polar surface area (TPSA) is 105 Å². The minimum atomic E-state index is -0.677. The van der Waals surface area contributed by atoms with E-state index in [0.29, 0.717) is 58.6 Å². The third kappa shape index (κ3) is 7.10. The summed E-state index contributed by atoms with van der Waals surface area (Å²) in [5.41, 5.74) is 0.263. The second-order valence-corrected chi connectivity index (χ2v) is 8.70. The molecule has 8 nitrogen and oxygen atoms in total. The first-order chi connectivity index (χ1) is 14.8. The second-order valence-electron chi connectivity index (χ2n) is 7.70. The molecule has 0 fully saturated rings. The van der Waals surface area contributed by atoms with Gasteiger partial charge in [-0.2, -0.15) is 0 Å². The summed E-state index contributed by atoms with van der Waals surface area (Å²) in [6, 6.07) is 0. The highest BCUT2D eigenvalue weighted by atomic mass is 32.1. The number of esters is 1. The number of nitrogens with zero attached hydrogens (tertiary/aromatic N) is 2. The molecule has 1 atom stereocenters. The van der Waals surface area contributed by atoms with Crippen LogP contribution in [0.15, 0.2) is 30.1 Å². The van der Waals surface area contributed by atoms with E-state index in [1.54, 1.807) is 13.0 Å². The lowest BCUT2D eigenvalue weighted by Crippen LogP contribution is -2.37. The van der Waals surface area contributed by atoms with Gasteiger partial charge in [-0.3, -0.25) is 9.69 Å². The van der Waals surface area contributed by atoms with Crippen LogP contribution in [0, 0.1) is 12.8 Å². The standard InChI is InChI=1S/C22H31N3O5S/c1-6-8-29-13-16(26)11-25(10-14(3)4)12-17-23-20(27)18-15(5)19(31-21(18)24-17)22(28)30-9-7-2/h6-7,14,16,26H,1-2,8-13H2,3-5H3,(H,23,24,27)/t16-/m0/s1. The number of rotatable bonds is 13. The SMILES string of the molecule is C=CCOC[C@@H](O)CN(Cc1nc2sc(C(=O)OCC=C)c(C)c2c(=O)[nH]1)CC(C)C. The molecule has 0 aliphatic rings. The van der Waals surface area contributed by atoms with Crippen LogP contribution in [-0.4, -0.2) is 65.0 Å². The molecule has 0 aliphatic carbocycles. The maximum Gasteiger partial charge on any atom is 0.348 e. The molecule has 0 saturated heterocycles. The summed E-state index contributed by atoms with van der Waals surface area (Å²) in [5, 5.41) is 10.7. The van der Waals surface area contributed by atoms with Gasteiger partial charge < -0.3 is 19.6 Å². The molecule has 0 saturated carbocycles. The molecule has 2 aromatic heterocycles. The number of carbonyl (C=O) groups is 1. The second kappa shape index (κ2) is 11.9. The van der Waals surface area contributed by atoms with E-state index in [9.17, 15) is 14.7 Å². The maximum atomic E-state index is 12.7. The van der Waals surface area contributed by atoms with Gasteiger partial charge in [0.05, 0.1) is 31.2 Å². The molecule has 0 spiro atoms. The predicted molar refractivity (Wildman–Crippen MR) is 123 cm³/mol. The highest BCUT2D eigenvalue weighted by Crippen LogP contribution is 2.27. The molecule has 2 aromatic rings. The van der Waals surface area contributed by atoms with Crippen molar-refractivity contribution in [2.24, 2.45) is 5.92 Å². The summed E-state index contributed by atoms with van der Waals surface area (Å²) in [6.45, 7) is 15.1. The van der Waals surface area contributed by atoms with E-state index in [1.165, 1.54) is 6.08 Å². The molecule has 2 rings (SSSR count). The van der Waals surface area contributed by atoms with E-state index >= 15 is 0 Å². The smallest absolute Gasteiger partial charge is 0.348 e. The number of fused-ring (bicyclic) bond motifs is 1. The lowest BCUT2D eigenvalue weighted by molar-refractivity contribution is 0.0218. The summed E-state index contributed by atoms with van der Waals surface area (Å²) < 4.78 is 10.4. The third-order valence-corrected chi connectivity index (χ3v) is 5.54. The van der Waals surface area contributed by atoms with Crippen LogP contribution in [-0.2, 0) is 16.0 Å². The first kappa shape index (κ1) is 24.9.